The Labute approximate surface area is 92.9 Å². The van der Waals surface area contributed by atoms with Crippen LogP contribution in [0.3, 0.4) is 0 Å². The molecule has 0 aromatic rings. The first-order valence-electron chi connectivity index (χ1n) is 6.27. The third-order valence-corrected chi connectivity index (χ3v) is 4.45. The average Bonchev–Trinajstić information content (AvgIpc) is 2.52. The van der Waals surface area contributed by atoms with Crippen LogP contribution in [0.25, 0.3) is 0 Å². The van der Waals surface area contributed by atoms with Gasteiger partial charge in [0.2, 0.25) is 0 Å². The maximum absolute atomic E-state index is 10.4. The number of aldehydes is 1. The van der Waals surface area contributed by atoms with Crippen molar-refractivity contribution in [2.45, 2.75) is 52.4 Å². The van der Waals surface area contributed by atoms with Gasteiger partial charge in [-0.05, 0) is 49.4 Å². The van der Waals surface area contributed by atoms with Gasteiger partial charge in [0.15, 0.2) is 0 Å². The maximum Gasteiger partial charge on any atom is 0.120 e. The van der Waals surface area contributed by atoms with Crippen LogP contribution < -0.4 is 0 Å². The third kappa shape index (κ3) is 2.16. The smallest absolute Gasteiger partial charge is 0.120 e. The van der Waals surface area contributed by atoms with E-state index in [1.54, 1.807) is 5.57 Å². The number of fused-ring (bicyclic) bond motifs is 1. The molecule has 0 bridgehead atoms. The van der Waals surface area contributed by atoms with E-state index in [0.717, 1.165) is 24.5 Å². The van der Waals surface area contributed by atoms with Crippen LogP contribution >= 0.6 is 0 Å². The van der Waals surface area contributed by atoms with Gasteiger partial charge in [-0.1, -0.05) is 25.5 Å². The summed E-state index contributed by atoms with van der Waals surface area (Å²) in [5.74, 6) is 1.72. The second-order valence-electron chi connectivity index (χ2n) is 5.87. The van der Waals surface area contributed by atoms with E-state index in [0.29, 0.717) is 11.8 Å². The first kappa shape index (κ1) is 10.9. The predicted octanol–water partition coefficient (Wildman–Crippen LogP) is 3.74. The molecule has 2 aliphatic rings. The molecule has 2 atom stereocenters. The first-order valence-corrected chi connectivity index (χ1v) is 6.27. The third-order valence-electron chi connectivity index (χ3n) is 4.45. The van der Waals surface area contributed by atoms with Crippen molar-refractivity contribution in [1.82, 2.24) is 0 Å². The summed E-state index contributed by atoms with van der Waals surface area (Å²) in [6.45, 7) is 4.84. The fraction of sp³-hybridized carbons (Fsp3) is 0.786. The number of carbonyl (C=O) groups excluding carboxylic acids is 1. The standard InChI is InChI=1S/C14H22O/c1-14(2)8-7-12-10-11(4-3-9-15)5-6-13(12)14/h9-10,12-13H,3-8H2,1-2H3. The molecule has 1 heteroatoms. The summed E-state index contributed by atoms with van der Waals surface area (Å²) in [6, 6.07) is 0. The van der Waals surface area contributed by atoms with Gasteiger partial charge in [0.1, 0.15) is 6.29 Å². The molecule has 0 N–H and O–H groups in total. The Hall–Kier alpha value is -0.590. The summed E-state index contributed by atoms with van der Waals surface area (Å²) < 4.78 is 0. The predicted molar refractivity (Wildman–Crippen MR) is 62.6 cm³/mol. The van der Waals surface area contributed by atoms with Crippen LogP contribution in [0.2, 0.25) is 0 Å². The molecule has 0 spiro atoms. The van der Waals surface area contributed by atoms with Crippen LogP contribution in [0.5, 0.6) is 0 Å². The van der Waals surface area contributed by atoms with E-state index in [9.17, 15) is 4.79 Å². The zero-order valence-electron chi connectivity index (χ0n) is 9.96. The zero-order chi connectivity index (χ0) is 10.9. The van der Waals surface area contributed by atoms with E-state index in [1.807, 2.05) is 0 Å². The summed E-state index contributed by atoms with van der Waals surface area (Å²) >= 11 is 0. The Morgan fingerprint density at radius 2 is 2.27 bits per heavy atom. The maximum atomic E-state index is 10.4. The van der Waals surface area contributed by atoms with Crippen LogP contribution in [0.15, 0.2) is 11.6 Å². The van der Waals surface area contributed by atoms with Gasteiger partial charge < -0.3 is 4.79 Å². The van der Waals surface area contributed by atoms with Crippen molar-refractivity contribution in [3.05, 3.63) is 11.6 Å². The fourth-order valence-electron chi connectivity index (χ4n) is 3.49. The molecule has 0 heterocycles. The van der Waals surface area contributed by atoms with E-state index in [1.165, 1.54) is 25.7 Å². The van der Waals surface area contributed by atoms with Gasteiger partial charge >= 0.3 is 0 Å². The lowest BCUT2D eigenvalue weighted by atomic mass is 9.72. The van der Waals surface area contributed by atoms with Crippen LogP contribution in [0, 0.1) is 17.3 Å². The SMILES string of the molecule is CC1(C)CCC2C=C(CCC=O)CCC21. The molecule has 15 heavy (non-hydrogen) atoms. The number of carbonyl (C=O) groups is 1. The quantitative estimate of drug-likeness (QED) is 0.508. The van der Waals surface area contributed by atoms with Crippen LogP contribution in [0.4, 0.5) is 0 Å². The normalized spacial score (nSPS) is 33.3. The van der Waals surface area contributed by atoms with Gasteiger partial charge in [-0.2, -0.15) is 0 Å². The Kier molecular flexibility index (Phi) is 2.99. The summed E-state index contributed by atoms with van der Waals surface area (Å²) in [4.78, 5) is 10.4. The fourth-order valence-corrected chi connectivity index (χ4v) is 3.49. The average molecular weight is 206 g/mol. The van der Waals surface area contributed by atoms with Crippen molar-refractivity contribution in [3.63, 3.8) is 0 Å². The summed E-state index contributed by atoms with van der Waals surface area (Å²) in [5.41, 5.74) is 2.10. The van der Waals surface area contributed by atoms with Crippen molar-refractivity contribution in [3.8, 4) is 0 Å². The number of hydrogen-bond donors (Lipinski definition) is 0. The van der Waals surface area contributed by atoms with Crippen LogP contribution in [-0.4, -0.2) is 6.29 Å². The molecule has 0 aromatic heterocycles. The number of hydrogen-bond acceptors (Lipinski definition) is 1. The second kappa shape index (κ2) is 4.11. The van der Waals surface area contributed by atoms with Crippen molar-refractivity contribution >= 4 is 6.29 Å². The molecule has 0 radical (unpaired) electrons. The molecule has 1 fully saturated rings. The van der Waals surface area contributed by atoms with Gasteiger partial charge in [0, 0.05) is 6.42 Å². The van der Waals surface area contributed by atoms with E-state index < -0.39 is 0 Å². The lowest BCUT2D eigenvalue weighted by Gasteiger charge is -2.33. The molecule has 84 valence electrons. The molecular formula is C14H22O. The summed E-state index contributed by atoms with van der Waals surface area (Å²) in [6.07, 6.45) is 10.6. The molecule has 0 amide bonds. The van der Waals surface area contributed by atoms with Crippen LogP contribution in [-0.2, 0) is 4.79 Å². The van der Waals surface area contributed by atoms with Gasteiger partial charge in [-0.25, -0.2) is 0 Å². The van der Waals surface area contributed by atoms with E-state index in [-0.39, 0.29) is 0 Å². The van der Waals surface area contributed by atoms with Crippen molar-refractivity contribution in [2.75, 3.05) is 0 Å². The molecule has 0 aromatic carbocycles. The lowest BCUT2D eigenvalue weighted by molar-refractivity contribution is -0.107. The molecule has 0 aliphatic heterocycles. The van der Waals surface area contributed by atoms with Crippen molar-refractivity contribution in [2.24, 2.45) is 17.3 Å². The minimum Gasteiger partial charge on any atom is -0.303 e. The Morgan fingerprint density at radius 3 is 3.00 bits per heavy atom. The van der Waals surface area contributed by atoms with Gasteiger partial charge in [-0.15, -0.1) is 0 Å². The Bertz CT molecular complexity index is 275. The monoisotopic (exact) mass is 206 g/mol. The lowest BCUT2D eigenvalue weighted by Crippen LogP contribution is -2.24. The Morgan fingerprint density at radius 1 is 1.47 bits per heavy atom. The summed E-state index contributed by atoms with van der Waals surface area (Å²) in [5, 5.41) is 0. The van der Waals surface area contributed by atoms with E-state index >= 15 is 0 Å². The van der Waals surface area contributed by atoms with E-state index in [2.05, 4.69) is 19.9 Å². The summed E-state index contributed by atoms with van der Waals surface area (Å²) in [7, 11) is 0. The minimum absolute atomic E-state index is 0.553. The molecule has 2 rings (SSSR count). The van der Waals surface area contributed by atoms with Gasteiger partial charge in [0.25, 0.3) is 0 Å². The molecule has 0 saturated heterocycles. The minimum atomic E-state index is 0.553. The second-order valence-corrected chi connectivity index (χ2v) is 5.87. The zero-order valence-corrected chi connectivity index (χ0v) is 9.96. The molecule has 2 unspecified atom stereocenters. The molecular weight excluding hydrogens is 184 g/mol. The van der Waals surface area contributed by atoms with Gasteiger partial charge in [-0.3, -0.25) is 0 Å². The van der Waals surface area contributed by atoms with Crippen molar-refractivity contribution < 1.29 is 4.79 Å². The molecule has 2 aliphatic carbocycles. The van der Waals surface area contributed by atoms with Crippen molar-refractivity contribution in [1.29, 1.82) is 0 Å². The molecule has 1 nitrogen and oxygen atoms in total. The highest BCUT2D eigenvalue weighted by Gasteiger charge is 2.41. The Balaban J connectivity index is 2.02. The number of rotatable bonds is 3. The highest BCUT2D eigenvalue weighted by molar-refractivity contribution is 5.49. The van der Waals surface area contributed by atoms with E-state index in [4.69, 9.17) is 0 Å². The van der Waals surface area contributed by atoms with Gasteiger partial charge in [0.05, 0.1) is 0 Å². The molecule has 1 saturated carbocycles. The topological polar surface area (TPSA) is 17.1 Å². The number of allylic oxidation sites excluding steroid dienone is 2. The van der Waals surface area contributed by atoms with Crippen LogP contribution in [0.1, 0.15) is 52.4 Å². The first-order chi connectivity index (χ1) is 7.13. The highest BCUT2D eigenvalue weighted by atomic mass is 16.1. The highest BCUT2D eigenvalue weighted by Crippen LogP contribution is 2.52. The largest absolute Gasteiger partial charge is 0.303 e.